The summed E-state index contributed by atoms with van der Waals surface area (Å²) >= 11 is 0. The number of hydrogen-bond donors (Lipinski definition) is 0. The normalized spacial score (nSPS) is 10.1. The maximum atomic E-state index is 3.89. The van der Waals surface area contributed by atoms with Crippen molar-refractivity contribution in [1.29, 1.82) is 0 Å². The highest BCUT2D eigenvalue weighted by Gasteiger charge is 1.94. The second-order valence-electron chi connectivity index (χ2n) is 2.69. The highest BCUT2D eigenvalue weighted by atomic mass is 15.4. The molecule has 0 aliphatic rings. The Kier molecular flexibility index (Phi) is 1.63. The molecule has 0 atom stereocenters. The van der Waals surface area contributed by atoms with Gasteiger partial charge in [0.25, 0.3) is 0 Å². The van der Waals surface area contributed by atoms with E-state index in [4.69, 9.17) is 0 Å². The molecule has 0 saturated carbocycles. The van der Waals surface area contributed by atoms with E-state index in [2.05, 4.69) is 29.4 Å². The van der Waals surface area contributed by atoms with Crippen LogP contribution in [0.2, 0.25) is 0 Å². The predicted octanol–water partition coefficient (Wildman–Crippen LogP) is 1.69. The van der Waals surface area contributed by atoms with Gasteiger partial charge in [0.15, 0.2) is 0 Å². The van der Waals surface area contributed by atoms with E-state index in [0.717, 1.165) is 5.69 Å². The SMILES string of the molecule is Cc1cccc(-n2ccnn2)c1.[2H]. The molecule has 0 aliphatic carbocycles. The van der Waals surface area contributed by atoms with Crippen LogP contribution in [-0.2, 0) is 0 Å². The van der Waals surface area contributed by atoms with Crippen LogP contribution in [0.3, 0.4) is 0 Å². The summed E-state index contributed by atoms with van der Waals surface area (Å²) in [5, 5.41) is 7.64. The average molecular weight is 161 g/mol. The molecule has 2 aromatic rings. The van der Waals surface area contributed by atoms with E-state index in [-0.39, 0.29) is 1.43 Å². The number of aromatic nitrogens is 3. The number of rotatable bonds is 1. The van der Waals surface area contributed by atoms with Crippen molar-refractivity contribution in [2.24, 2.45) is 0 Å². The highest BCUT2D eigenvalue weighted by molar-refractivity contribution is 5.33. The van der Waals surface area contributed by atoms with Gasteiger partial charge in [0, 0.05) is 1.43 Å². The zero-order chi connectivity index (χ0) is 8.39. The third-order valence-electron chi connectivity index (χ3n) is 1.69. The molecular formula is C9H10N3. The molecule has 12 heavy (non-hydrogen) atoms. The zero-order valence-electron chi connectivity index (χ0n) is 7.81. The first-order chi connectivity index (χ1) is 5.86. The molecule has 0 spiro atoms. The molecule has 1 aromatic heterocycles. The smallest absolute Gasteiger partial charge is 0.0697 e. The Morgan fingerprint density at radius 2 is 2.33 bits per heavy atom. The van der Waals surface area contributed by atoms with Crippen molar-refractivity contribution < 1.29 is 1.43 Å². The van der Waals surface area contributed by atoms with Gasteiger partial charge in [-0.2, -0.15) is 0 Å². The van der Waals surface area contributed by atoms with Crippen molar-refractivity contribution in [2.75, 3.05) is 0 Å². The first-order valence-corrected chi connectivity index (χ1v) is 3.79. The topological polar surface area (TPSA) is 30.7 Å². The molecule has 2 rings (SSSR count). The van der Waals surface area contributed by atoms with Crippen LogP contribution in [0.5, 0.6) is 0 Å². The number of aryl methyl sites for hydroxylation is 1. The van der Waals surface area contributed by atoms with Crippen molar-refractivity contribution in [3.8, 4) is 5.69 Å². The summed E-state index contributed by atoms with van der Waals surface area (Å²) in [6, 6.07) is 8.13. The van der Waals surface area contributed by atoms with Crippen LogP contribution in [0, 0.1) is 6.92 Å². The lowest BCUT2D eigenvalue weighted by Crippen LogP contribution is -1.94. The van der Waals surface area contributed by atoms with E-state index in [9.17, 15) is 0 Å². The summed E-state index contributed by atoms with van der Waals surface area (Å²) in [4.78, 5) is 0. The molecule has 61 valence electrons. The molecule has 0 bridgehead atoms. The lowest BCUT2D eigenvalue weighted by Gasteiger charge is -1.99. The third-order valence-corrected chi connectivity index (χ3v) is 1.69. The third kappa shape index (κ3) is 1.21. The summed E-state index contributed by atoms with van der Waals surface area (Å²) in [6.07, 6.45) is 3.50. The largest absolute Gasteiger partial charge is 0.221 e. The van der Waals surface area contributed by atoms with Gasteiger partial charge >= 0.3 is 0 Å². The molecule has 0 N–H and O–H groups in total. The summed E-state index contributed by atoms with van der Waals surface area (Å²) in [7, 11) is 0. The van der Waals surface area contributed by atoms with Gasteiger partial charge in [-0.1, -0.05) is 17.3 Å². The number of benzene rings is 1. The van der Waals surface area contributed by atoms with Gasteiger partial charge in [-0.25, -0.2) is 4.68 Å². The zero-order valence-corrected chi connectivity index (χ0v) is 6.81. The Balaban J connectivity index is 0.000000845. The lowest BCUT2D eigenvalue weighted by molar-refractivity contribution is 0.802. The molecule has 1 heterocycles. The first-order valence-electron chi connectivity index (χ1n) is 3.79. The van der Waals surface area contributed by atoms with Gasteiger partial charge in [0.1, 0.15) is 0 Å². The second kappa shape index (κ2) is 2.77. The van der Waals surface area contributed by atoms with Crippen LogP contribution in [0.1, 0.15) is 6.99 Å². The average Bonchev–Trinajstić information content (AvgIpc) is 2.56. The molecule has 0 saturated heterocycles. The minimum absolute atomic E-state index is 0. The van der Waals surface area contributed by atoms with E-state index in [1.807, 2.05) is 18.3 Å². The number of hydrogen-bond acceptors (Lipinski definition) is 2. The van der Waals surface area contributed by atoms with Crippen molar-refractivity contribution >= 4 is 0 Å². The van der Waals surface area contributed by atoms with Crippen LogP contribution in [-0.4, -0.2) is 15.0 Å². The first kappa shape index (κ1) is 7.03. The monoisotopic (exact) mass is 161 g/mol. The van der Waals surface area contributed by atoms with Gasteiger partial charge in [0.05, 0.1) is 18.1 Å². The van der Waals surface area contributed by atoms with Gasteiger partial charge < -0.3 is 0 Å². The Labute approximate surface area is 72.1 Å². The van der Waals surface area contributed by atoms with Crippen molar-refractivity contribution in [3.05, 3.63) is 42.2 Å². The lowest BCUT2D eigenvalue weighted by atomic mass is 10.2. The van der Waals surface area contributed by atoms with Gasteiger partial charge in [-0.05, 0) is 24.6 Å². The number of nitrogens with zero attached hydrogens (tertiary/aromatic N) is 3. The second-order valence-corrected chi connectivity index (χ2v) is 2.69. The standard InChI is InChI=1S/C9H9N3.H/c1-8-3-2-4-9(7-8)12-6-5-10-11-12;/h2-7H,1H3;/i;1+1. The maximum absolute atomic E-state index is 3.89. The Morgan fingerprint density at radius 1 is 1.42 bits per heavy atom. The van der Waals surface area contributed by atoms with Crippen LogP contribution in [0.25, 0.3) is 5.69 Å². The molecule has 0 unspecified atom stereocenters. The van der Waals surface area contributed by atoms with Crippen LogP contribution in [0.4, 0.5) is 0 Å². The summed E-state index contributed by atoms with van der Waals surface area (Å²) in [6.45, 7) is 2.06. The molecule has 1 radical (unpaired) electrons. The molecule has 1 aromatic carbocycles. The quantitative estimate of drug-likeness (QED) is 0.637. The van der Waals surface area contributed by atoms with Gasteiger partial charge in [0.2, 0.25) is 0 Å². The minimum atomic E-state index is 0. The van der Waals surface area contributed by atoms with E-state index in [1.54, 1.807) is 10.9 Å². The molecule has 3 heteroatoms. The molecule has 3 nitrogen and oxygen atoms in total. The fourth-order valence-corrected chi connectivity index (χ4v) is 1.12. The highest BCUT2D eigenvalue weighted by Crippen LogP contribution is 2.07. The Hall–Kier alpha value is -1.64. The van der Waals surface area contributed by atoms with Gasteiger partial charge in [-0.15, -0.1) is 5.10 Å². The van der Waals surface area contributed by atoms with Gasteiger partial charge in [-0.3, -0.25) is 0 Å². The van der Waals surface area contributed by atoms with E-state index < -0.39 is 0 Å². The van der Waals surface area contributed by atoms with Crippen LogP contribution < -0.4 is 0 Å². The van der Waals surface area contributed by atoms with Crippen LogP contribution in [0.15, 0.2) is 36.7 Å². The minimum Gasteiger partial charge on any atom is -0.221 e. The van der Waals surface area contributed by atoms with Crippen molar-refractivity contribution in [1.82, 2.24) is 15.0 Å². The van der Waals surface area contributed by atoms with Crippen molar-refractivity contribution in [2.45, 2.75) is 6.92 Å². The summed E-state index contributed by atoms with van der Waals surface area (Å²) in [5.41, 5.74) is 2.27. The van der Waals surface area contributed by atoms with Crippen molar-refractivity contribution in [3.63, 3.8) is 0 Å². The fourth-order valence-electron chi connectivity index (χ4n) is 1.12. The molecule has 0 amide bonds. The van der Waals surface area contributed by atoms with E-state index in [0.29, 0.717) is 0 Å². The Bertz CT molecular complexity index is 370. The molecular weight excluding hydrogens is 150 g/mol. The molecule has 0 fully saturated rings. The summed E-state index contributed by atoms with van der Waals surface area (Å²) < 4.78 is 1.74. The van der Waals surface area contributed by atoms with E-state index in [1.165, 1.54) is 5.56 Å². The molecule has 0 aliphatic heterocycles. The Morgan fingerprint density at radius 3 is 3.00 bits per heavy atom. The predicted molar refractivity (Wildman–Crippen MR) is 47.2 cm³/mol. The van der Waals surface area contributed by atoms with Crippen LogP contribution >= 0.6 is 0 Å². The summed E-state index contributed by atoms with van der Waals surface area (Å²) in [5.74, 6) is 0. The maximum Gasteiger partial charge on any atom is 0.0697 e. The fraction of sp³-hybridized carbons (Fsp3) is 0.111. The van der Waals surface area contributed by atoms with E-state index >= 15 is 0 Å².